The lowest BCUT2D eigenvalue weighted by Gasteiger charge is -2.39. The zero-order valence-electron chi connectivity index (χ0n) is 12.2. The van der Waals surface area contributed by atoms with Crippen LogP contribution in [-0.2, 0) is 0 Å². The molecule has 3 aromatic heterocycles. The van der Waals surface area contributed by atoms with Crippen LogP contribution in [0.15, 0.2) is 36.7 Å². The summed E-state index contributed by atoms with van der Waals surface area (Å²) in [7, 11) is 0. The van der Waals surface area contributed by atoms with E-state index in [1.165, 1.54) is 11.1 Å². The van der Waals surface area contributed by atoms with Crippen molar-refractivity contribution < 1.29 is 0 Å². The molecule has 1 aliphatic rings. The predicted molar refractivity (Wildman–Crippen MR) is 81.7 cm³/mol. The lowest BCUT2D eigenvalue weighted by molar-refractivity contribution is 0.492. The molecular weight excluding hydrogens is 262 g/mol. The second kappa shape index (κ2) is 4.55. The number of aromatic nitrogens is 4. The van der Waals surface area contributed by atoms with Gasteiger partial charge in [0.05, 0.1) is 5.92 Å². The SMILES string of the molecule is Cc1ccc(N2CC(c3nnc4ccc(C)cn34)C2)nc1. The molecule has 1 saturated heterocycles. The molecule has 0 aliphatic carbocycles. The smallest absolute Gasteiger partial charge is 0.160 e. The van der Waals surface area contributed by atoms with Gasteiger partial charge >= 0.3 is 0 Å². The minimum atomic E-state index is 0.421. The molecule has 0 atom stereocenters. The fourth-order valence-electron chi connectivity index (χ4n) is 2.77. The van der Waals surface area contributed by atoms with E-state index in [2.05, 4.69) is 62.7 Å². The van der Waals surface area contributed by atoms with E-state index >= 15 is 0 Å². The summed E-state index contributed by atoms with van der Waals surface area (Å²) in [6, 6.07) is 8.27. The lowest BCUT2D eigenvalue weighted by Crippen LogP contribution is -2.46. The van der Waals surface area contributed by atoms with E-state index in [1.54, 1.807) is 0 Å². The quantitative estimate of drug-likeness (QED) is 0.722. The summed E-state index contributed by atoms with van der Waals surface area (Å²) >= 11 is 0. The molecule has 4 heterocycles. The molecule has 0 spiro atoms. The summed E-state index contributed by atoms with van der Waals surface area (Å²) in [5.41, 5.74) is 3.33. The van der Waals surface area contributed by atoms with Crippen LogP contribution in [0.3, 0.4) is 0 Å². The van der Waals surface area contributed by atoms with Crippen molar-refractivity contribution in [2.45, 2.75) is 19.8 Å². The van der Waals surface area contributed by atoms with E-state index in [-0.39, 0.29) is 0 Å². The van der Waals surface area contributed by atoms with Gasteiger partial charge in [-0.05, 0) is 37.1 Å². The van der Waals surface area contributed by atoms with E-state index in [1.807, 2.05) is 12.3 Å². The number of nitrogens with zero attached hydrogens (tertiary/aromatic N) is 5. The van der Waals surface area contributed by atoms with Crippen molar-refractivity contribution in [2.24, 2.45) is 0 Å². The van der Waals surface area contributed by atoms with Gasteiger partial charge < -0.3 is 4.90 Å². The first-order valence-corrected chi connectivity index (χ1v) is 7.19. The number of hydrogen-bond donors (Lipinski definition) is 0. The van der Waals surface area contributed by atoms with E-state index in [9.17, 15) is 0 Å². The van der Waals surface area contributed by atoms with Gasteiger partial charge in [0.1, 0.15) is 11.6 Å². The van der Waals surface area contributed by atoms with Crippen LogP contribution in [0.4, 0.5) is 5.82 Å². The summed E-state index contributed by atoms with van der Waals surface area (Å²) in [6.45, 7) is 6.04. The number of anilines is 1. The van der Waals surface area contributed by atoms with E-state index in [4.69, 9.17) is 0 Å². The fraction of sp³-hybridized carbons (Fsp3) is 0.312. The van der Waals surface area contributed by atoms with Crippen LogP contribution in [0.1, 0.15) is 22.9 Å². The standard InChI is InChI=1S/C16H17N5/c1-11-3-5-14(17-7-11)20-9-13(10-20)16-19-18-15-6-4-12(2)8-21(15)16/h3-8,13H,9-10H2,1-2H3. The van der Waals surface area contributed by atoms with Gasteiger partial charge in [-0.2, -0.15) is 0 Å². The highest BCUT2D eigenvalue weighted by molar-refractivity contribution is 5.46. The first-order valence-electron chi connectivity index (χ1n) is 7.19. The van der Waals surface area contributed by atoms with Crippen LogP contribution in [0.2, 0.25) is 0 Å². The van der Waals surface area contributed by atoms with Crippen LogP contribution in [0.25, 0.3) is 5.65 Å². The average Bonchev–Trinajstić information content (AvgIpc) is 2.82. The maximum absolute atomic E-state index is 4.48. The van der Waals surface area contributed by atoms with Gasteiger partial charge in [0.25, 0.3) is 0 Å². The third-order valence-corrected chi connectivity index (χ3v) is 4.04. The molecule has 106 valence electrons. The van der Waals surface area contributed by atoms with Gasteiger partial charge in [-0.15, -0.1) is 10.2 Å². The van der Waals surface area contributed by atoms with Gasteiger partial charge in [-0.25, -0.2) is 4.98 Å². The molecule has 1 fully saturated rings. The Morgan fingerprint density at radius 1 is 1.00 bits per heavy atom. The summed E-state index contributed by atoms with van der Waals surface area (Å²) in [5.74, 6) is 2.52. The minimum absolute atomic E-state index is 0.421. The Balaban J connectivity index is 1.56. The Bertz CT molecular complexity index is 784. The molecule has 21 heavy (non-hydrogen) atoms. The van der Waals surface area contributed by atoms with Gasteiger partial charge in [0, 0.05) is 25.5 Å². The van der Waals surface area contributed by atoms with Gasteiger partial charge in [0.15, 0.2) is 5.65 Å². The van der Waals surface area contributed by atoms with Gasteiger partial charge in [0.2, 0.25) is 0 Å². The molecule has 0 N–H and O–H groups in total. The Kier molecular flexibility index (Phi) is 2.67. The predicted octanol–water partition coefficient (Wildman–Crippen LogP) is 2.34. The highest BCUT2D eigenvalue weighted by Crippen LogP contribution is 2.29. The third kappa shape index (κ3) is 2.05. The highest BCUT2D eigenvalue weighted by Gasteiger charge is 2.32. The summed E-state index contributed by atoms with van der Waals surface area (Å²) < 4.78 is 2.11. The molecule has 5 heteroatoms. The first kappa shape index (κ1) is 12.3. The van der Waals surface area contributed by atoms with Crippen LogP contribution in [0.5, 0.6) is 0 Å². The Labute approximate surface area is 123 Å². The molecule has 4 rings (SSSR count). The summed E-state index contributed by atoms with van der Waals surface area (Å²) in [6.07, 6.45) is 4.02. The monoisotopic (exact) mass is 279 g/mol. The molecule has 0 unspecified atom stereocenters. The van der Waals surface area contributed by atoms with Crippen LogP contribution < -0.4 is 4.90 Å². The van der Waals surface area contributed by atoms with Crippen molar-refractivity contribution in [2.75, 3.05) is 18.0 Å². The molecule has 0 aromatic carbocycles. The number of hydrogen-bond acceptors (Lipinski definition) is 4. The number of rotatable bonds is 2. The van der Waals surface area contributed by atoms with E-state index in [0.29, 0.717) is 5.92 Å². The summed E-state index contributed by atoms with van der Waals surface area (Å²) in [5, 5.41) is 8.62. The molecule has 3 aromatic rings. The maximum Gasteiger partial charge on any atom is 0.160 e. The van der Waals surface area contributed by atoms with Crippen molar-refractivity contribution in [3.05, 3.63) is 53.6 Å². The van der Waals surface area contributed by atoms with E-state index < -0.39 is 0 Å². The van der Waals surface area contributed by atoms with Crippen molar-refractivity contribution in [1.29, 1.82) is 0 Å². The van der Waals surface area contributed by atoms with Crippen molar-refractivity contribution in [3.8, 4) is 0 Å². The van der Waals surface area contributed by atoms with Crippen molar-refractivity contribution in [1.82, 2.24) is 19.6 Å². The van der Waals surface area contributed by atoms with E-state index in [0.717, 1.165) is 30.4 Å². The second-order valence-corrected chi connectivity index (χ2v) is 5.79. The summed E-state index contributed by atoms with van der Waals surface area (Å²) in [4.78, 5) is 6.75. The average molecular weight is 279 g/mol. The molecule has 0 radical (unpaired) electrons. The Morgan fingerprint density at radius 2 is 1.81 bits per heavy atom. The first-order chi connectivity index (χ1) is 10.2. The molecular formula is C16H17N5. The van der Waals surface area contributed by atoms with Crippen molar-refractivity contribution in [3.63, 3.8) is 0 Å². The topological polar surface area (TPSA) is 46.3 Å². The normalized spacial score (nSPS) is 15.4. The number of aryl methyl sites for hydroxylation is 2. The van der Waals surface area contributed by atoms with Crippen LogP contribution in [-0.4, -0.2) is 32.7 Å². The molecule has 5 nitrogen and oxygen atoms in total. The van der Waals surface area contributed by atoms with Crippen LogP contribution in [0, 0.1) is 13.8 Å². The minimum Gasteiger partial charge on any atom is -0.355 e. The van der Waals surface area contributed by atoms with Crippen LogP contribution >= 0.6 is 0 Å². The fourth-order valence-corrected chi connectivity index (χ4v) is 2.77. The third-order valence-electron chi connectivity index (χ3n) is 4.04. The zero-order chi connectivity index (χ0) is 14.4. The lowest BCUT2D eigenvalue weighted by atomic mass is 9.99. The zero-order valence-corrected chi connectivity index (χ0v) is 12.2. The number of fused-ring (bicyclic) bond motifs is 1. The van der Waals surface area contributed by atoms with Gasteiger partial charge in [-0.3, -0.25) is 4.40 Å². The molecule has 0 bridgehead atoms. The van der Waals surface area contributed by atoms with Crippen molar-refractivity contribution >= 4 is 11.5 Å². The van der Waals surface area contributed by atoms with Gasteiger partial charge in [-0.1, -0.05) is 12.1 Å². The maximum atomic E-state index is 4.48. The Hall–Kier alpha value is -2.43. The second-order valence-electron chi connectivity index (χ2n) is 5.79. The molecule has 1 aliphatic heterocycles. The molecule has 0 saturated carbocycles. The number of pyridine rings is 2. The largest absolute Gasteiger partial charge is 0.355 e. The molecule has 0 amide bonds. The Morgan fingerprint density at radius 3 is 2.57 bits per heavy atom. The highest BCUT2D eigenvalue weighted by atomic mass is 15.3.